The highest BCUT2D eigenvalue weighted by Crippen LogP contribution is 2.12. The highest BCUT2D eigenvalue weighted by molar-refractivity contribution is 5.93. The molecule has 0 unspecified atom stereocenters. The van der Waals surface area contributed by atoms with Gasteiger partial charge in [0.25, 0.3) is 0 Å². The number of nitrogens with zero attached hydrogens (tertiary/aromatic N) is 1. The van der Waals surface area contributed by atoms with E-state index in [2.05, 4.69) is 10.3 Å². The maximum Gasteiger partial charge on any atom is 0.339 e. The van der Waals surface area contributed by atoms with E-state index in [4.69, 9.17) is 5.11 Å². The number of carboxylic acid groups (broad SMARTS) is 1. The molecule has 64 valence electrons. The summed E-state index contributed by atoms with van der Waals surface area (Å²) >= 11 is 0. The molecule has 1 heterocycles. The van der Waals surface area contributed by atoms with Crippen molar-refractivity contribution in [3.8, 4) is 0 Å². The number of carboxylic acids is 1. The average Bonchev–Trinajstić information content (AvgIpc) is 2.04. The Morgan fingerprint density at radius 3 is 2.83 bits per heavy atom. The highest BCUT2D eigenvalue weighted by atomic mass is 16.4. The lowest BCUT2D eigenvalue weighted by Gasteiger charge is -2.03. The van der Waals surface area contributed by atoms with Crippen LogP contribution in [0.15, 0.2) is 12.3 Å². The van der Waals surface area contributed by atoms with Crippen molar-refractivity contribution in [2.45, 2.75) is 6.92 Å². The quantitative estimate of drug-likeness (QED) is 0.691. The fraction of sp³-hybridized carbons (Fsp3) is 0.250. The maximum absolute atomic E-state index is 10.7. The lowest BCUT2D eigenvalue weighted by atomic mass is 10.2. The van der Waals surface area contributed by atoms with Gasteiger partial charge in [0.05, 0.1) is 0 Å². The fourth-order valence-electron chi connectivity index (χ4n) is 0.931. The monoisotopic (exact) mass is 166 g/mol. The standard InChI is InChI=1S/C8H10N2O2/c1-5-3-6(8(11)12)7(9-2)10-4-5/h3-4H,1-2H3,(H,9,10)(H,11,12). The summed E-state index contributed by atoms with van der Waals surface area (Å²) in [4.78, 5) is 14.6. The van der Waals surface area contributed by atoms with E-state index >= 15 is 0 Å². The van der Waals surface area contributed by atoms with Crippen molar-refractivity contribution >= 4 is 11.8 Å². The van der Waals surface area contributed by atoms with E-state index in [1.54, 1.807) is 26.2 Å². The van der Waals surface area contributed by atoms with E-state index in [1.165, 1.54) is 0 Å². The van der Waals surface area contributed by atoms with Crippen molar-refractivity contribution in [3.05, 3.63) is 23.4 Å². The number of hydrogen-bond acceptors (Lipinski definition) is 3. The van der Waals surface area contributed by atoms with Crippen molar-refractivity contribution in [1.82, 2.24) is 4.98 Å². The normalized spacial score (nSPS) is 9.50. The second kappa shape index (κ2) is 3.21. The molecule has 0 bridgehead atoms. The van der Waals surface area contributed by atoms with Crippen molar-refractivity contribution in [2.75, 3.05) is 12.4 Å². The molecule has 0 saturated heterocycles. The molecule has 1 aromatic heterocycles. The first-order chi connectivity index (χ1) is 5.65. The molecule has 0 spiro atoms. The van der Waals surface area contributed by atoms with Crippen molar-refractivity contribution in [2.24, 2.45) is 0 Å². The molecule has 0 amide bonds. The third-order valence-electron chi connectivity index (χ3n) is 1.49. The van der Waals surface area contributed by atoms with Crippen LogP contribution in [-0.2, 0) is 0 Å². The molecular formula is C8H10N2O2. The molecule has 0 aliphatic rings. The van der Waals surface area contributed by atoms with E-state index in [9.17, 15) is 4.79 Å². The van der Waals surface area contributed by atoms with Gasteiger partial charge in [-0.3, -0.25) is 0 Å². The molecule has 1 aromatic rings. The number of hydrogen-bond donors (Lipinski definition) is 2. The second-order valence-corrected chi connectivity index (χ2v) is 2.46. The van der Waals surface area contributed by atoms with E-state index in [1.807, 2.05) is 0 Å². The predicted molar refractivity (Wildman–Crippen MR) is 45.5 cm³/mol. The van der Waals surface area contributed by atoms with Crippen molar-refractivity contribution in [1.29, 1.82) is 0 Å². The second-order valence-electron chi connectivity index (χ2n) is 2.46. The average molecular weight is 166 g/mol. The minimum Gasteiger partial charge on any atom is -0.478 e. The number of aryl methyl sites for hydroxylation is 1. The lowest BCUT2D eigenvalue weighted by Crippen LogP contribution is -2.04. The summed E-state index contributed by atoms with van der Waals surface area (Å²) in [5, 5.41) is 11.5. The first-order valence-corrected chi connectivity index (χ1v) is 3.53. The van der Waals surface area contributed by atoms with Gasteiger partial charge >= 0.3 is 5.97 Å². The zero-order valence-electron chi connectivity index (χ0n) is 6.96. The SMILES string of the molecule is CNc1ncc(C)cc1C(=O)O. The summed E-state index contributed by atoms with van der Waals surface area (Å²) in [6, 6.07) is 1.58. The summed E-state index contributed by atoms with van der Waals surface area (Å²) in [6.07, 6.45) is 1.62. The van der Waals surface area contributed by atoms with E-state index in [-0.39, 0.29) is 5.56 Å². The van der Waals surface area contributed by atoms with Crippen LogP contribution in [0.5, 0.6) is 0 Å². The predicted octanol–water partition coefficient (Wildman–Crippen LogP) is 1.13. The van der Waals surface area contributed by atoms with Gasteiger partial charge < -0.3 is 10.4 Å². The Bertz CT molecular complexity index is 310. The van der Waals surface area contributed by atoms with Crippen LogP contribution in [0.2, 0.25) is 0 Å². The van der Waals surface area contributed by atoms with Crippen molar-refractivity contribution < 1.29 is 9.90 Å². The van der Waals surface area contributed by atoms with Crippen LogP contribution < -0.4 is 5.32 Å². The minimum atomic E-state index is -0.962. The third-order valence-corrected chi connectivity index (χ3v) is 1.49. The molecule has 0 saturated carbocycles. The van der Waals surface area contributed by atoms with E-state index < -0.39 is 5.97 Å². The molecular weight excluding hydrogens is 156 g/mol. The number of aromatic nitrogens is 1. The molecule has 12 heavy (non-hydrogen) atoms. The Morgan fingerprint density at radius 2 is 2.33 bits per heavy atom. The Labute approximate surface area is 70.3 Å². The first kappa shape index (κ1) is 8.52. The molecule has 0 fully saturated rings. The molecule has 0 aliphatic carbocycles. The topological polar surface area (TPSA) is 62.2 Å². The first-order valence-electron chi connectivity index (χ1n) is 3.53. The van der Waals surface area contributed by atoms with Crippen LogP contribution in [0.1, 0.15) is 15.9 Å². The minimum absolute atomic E-state index is 0.206. The molecule has 2 N–H and O–H groups in total. The van der Waals surface area contributed by atoms with Gasteiger partial charge in [0.1, 0.15) is 11.4 Å². The number of pyridine rings is 1. The molecule has 0 aromatic carbocycles. The molecule has 0 radical (unpaired) electrons. The van der Waals surface area contributed by atoms with Gasteiger partial charge in [0, 0.05) is 13.2 Å². The van der Waals surface area contributed by atoms with Crippen LogP contribution in [0.4, 0.5) is 5.82 Å². The molecule has 4 nitrogen and oxygen atoms in total. The Morgan fingerprint density at radius 1 is 1.67 bits per heavy atom. The Balaban J connectivity index is 3.21. The van der Waals surface area contributed by atoms with Crippen LogP contribution in [-0.4, -0.2) is 23.1 Å². The smallest absolute Gasteiger partial charge is 0.339 e. The summed E-state index contributed by atoms with van der Waals surface area (Å²) in [6.45, 7) is 1.80. The fourth-order valence-corrected chi connectivity index (χ4v) is 0.931. The molecule has 0 aliphatic heterocycles. The number of carbonyl (C=O) groups is 1. The molecule has 1 rings (SSSR count). The number of anilines is 1. The van der Waals surface area contributed by atoms with Gasteiger partial charge in [-0.05, 0) is 18.6 Å². The van der Waals surface area contributed by atoms with Crippen molar-refractivity contribution in [3.63, 3.8) is 0 Å². The van der Waals surface area contributed by atoms with E-state index in [0.717, 1.165) is 5.56 Å². The molecule has 0 atom stereocenters. The van der Waals surface area contributed by atoms with Crippen LogP contribution in [0, 0.1) is 6.92 Å². The summed E-state index contributed by atoms with van der Waals surface area (Å²) in [5.41, 5.74) is 1.05. The summed E-state index contributed by atoms with van der Waals surface area (Å²) < 4.78 is 0. The van der Waals surface area contributed by atoms with E-state index in [0.29, 0.717) is 5.82 Å². The molecule has 4 heteroatoms. The number of nitrogens with one attached hydrogen (secondary N) is 1. The van der Waals surface area contributed by atoms with Crippen LogP contribution >= 0.6 is 0 Å². The zero-order chi connectivity index (χ0) is 9.14. The summed E-state index contributed by atoms with van der Waals surface area (Å²) in [5.74, 6) is -0.566. The number of rotatable bonds is 2. The Kier molecular flexibility index (Phi) is 2.28. The lowest BCUT2D eigenvalue weighted by molar-refractivity contribution is 0.0697. The number of aromatic carboxylic acids is 1. The van der Waals surface area contributed by atoms with Gasteiger partial charge in [-0.25, -0.2) is 9.78 Å². The largest absolute Gasteiger partial charge is 0.478 e. The van der Waals surface area contributed by atoms with Crippen LogP contribution in [0.3, 0.4) is 0 Å². The maximum atomic E-state index is 10.7. The van der Waals surface area contributed by atoms with Gasteiger partial charge in [-0.15, -0.1) is 0 Å². The summed E-state index contributed by atoms with van der Waals surface area (Å²) in [7, 11) is 1.64. The zero-order valence-corrected chi connectivity index (χ0v) is 6.96. The van der Waals surface area contributed by atoms with Gasteiger partial charge in [0.15, 0.2) is 0 Å². The third kappa shape index (κ3) is 1.53. The Hall–Kier alpha value is -1.58. The van der Waals surface area contributed by atoms with Gasteiger partial charge in [-0.2, -0.15) is 0 Å². The van der Waals surface area contributed by atoms with Gasteiger partial charge in [0.2, 0.25) is 0 Å². The van der Waals surface area contributed by atoms with Crippen LogP contribution in [0.25, 0.3) is 0 Å². The highest BCUT2D eigenvalue weighted by Gasteiger charge is 2.09. The van der Waals surface area contributed by atoms with Gasteiger partial charge in [-0.1, -0.05) is 0 Å².